The average molecular weight is 444 g/mol. The fourth-order valence-corrected chi connectivity index (χ4v) is 4.06. The molecule has 0 bridgehead atoms. The Kier molecular flexibility index (Phi) is 7.46. The smallest absolute Gasteiger partial charge is 0.251 e. The first-order valence-corrected chi connectivity index (χ1v) is 10.7. The van der Waals surface area contributed by atoms with Gasteiger partial charge in [0.05, 0.1) is 11.4 Å². The van der Waals surface area contributed by atoms with Crippen LogP contribution in [0.2, 0.25) is 0 Å². The van der Waals surface area contributed by atoms with Crippen molar-refractivity contribution in [3.63, 3.8) is 0 Å². The zero-order valence-electron chi connectivity index (χ0n) is 18.0. The number of hydrogen-bond donors (Lipinski definition) is 3. The standard InChI is InChI=1S/C22H29N7O.ClH/c1-3-16(4-2)27-22(30)15-8-5-7-14(11-15)19-18-20(23)25-13-26-21(18)29(28-19)17-9-6-10-24-12-17;/h5,7-8,11,13,16-17,24H,3-4,6,9-10,12H2,1-2H3,(H,27,30)(H2,23,25,26);1H/t17-;/m1./s1. The molecule has 1 aliphatic rings. The summed E-state index contributed by atoms with van der Waals surface area (Å²) >= 11 is 0. The Labute approximate surface area is 188 Å². The van der Waals surface area contributed by atoms with Crippen molar-refractivity contribution >= 4 is 35.2 Å². The minimum Gasteiger partial charge on any atom is -0.383 e. The molecule has 1 aromatic carbocycles. The lowest BCUT2D eigenvalue weighted by Gasteiger charge is -2.23. The van der Waals surface area contributed by atoms with Crippen LogP contribution in [0.1, 0.15) is 55.9 Å². The number of rotatable bonds is 6. The Balaban J connectivity index is 0.00000272. The first-order chi connectivity index (χ1) is 14.6. The number of anilines is 1. The predicted molar refractivity (Wildman–Crippen MR) is 125 cm³/mol. The Bertz CT molecular complexity index is 1040. The number of aromatic nitrogens is 4. The number of amides is 1. The lowest BCUT2D eigenvalue weighted by molar-refractivity contribution is 0.0935. The van der Waals surface area contributed by atoms with Gasteiger partial charge in [0.15, 0.2) is 5.65 Å². The first-order valence-electron chi connectivity index (χ1n) is 10.7. The maximum Gasteiger partial charge on any atom is 0.251 e. The summed E-state index contributed by atoms with van der Waals surface area (Å²) in [4.78, 5) is 21.4. The van der Waals surface area contributed by atoms with Gasteiger partial charge in [0.1, 0.15) is 17.8 Å². The van der Waals surface area contributed by atoms with E-state index >= 15 is 0 Å². The molecule has 1 atom stereocenters. The van der Waals surface area contributed by atoms with Gasteiger partial charge in [-0.2, -0.15) is 5.10 Å². The third-order valence-electron chi connectivity index (χ3n) is 5.85. The summed E-state index contributed by atoms with van der Waals surface area (Å²) in [6.45, 7) is 6.02. The molecule has 1 aliphatic heterocycles. The molecule has 1 amide bonds. The van der Waals surface area contributed by atoms with Crippen molar-refractivity contribution in [1.29, 1.82) is 0 Å². The topological polar surface area (TPSA) is 111 Å². The molecule has 0 aliphatic carbocycles. The van der Waals surface area contributed by atoms with E-state index in [4.69, 9.17) is 10.8 Å². The quantitative estimate of drug-likeness (QED) is 0.538. The van der Waals surface area contributed by atoms with Gasteiger partial charge in [-0.25, -0.2) is 14.6 Å². The van der Waals surface area contributed by atoms with Crippen LogP contribution >= 0.6 is 12.4 Å². The largest absolute Gasteiger partial charge is 0.383 e. The summed E-state index contributed by atoms with van der Waals surface area (Å²) < 4.78 is 1.96. The van der Waals surface area contributed by atoms with E-state index < -0.39 is 0 Å². The highest BCUT2D eigenvalue weighted by Crippen LogP contribution is 2.33. The van der Waals surface area contributed by atoms with Crippen molar-refractivity contribution < 1.29 is 4.79 Å². The number of fused-ring (bicyclic) bond motifs is 1. The predicted octanol–water partition coefficient (Wildman–Crippen LogP) is 3.34. The van der Waals surface area contributed by atoms with Gasteiger partial charge in [-0.15, -0.1) is 12.4 Å². The van der Waals surface area contributed by atoms with Crippen LogP contribution in [0.5, 0.6) is 0 Å². The minimum atomic E-state index is -0.0741. The van der Waals surface area contributed by atoms with E-state index in [0.717, 1.165) is 55.4 Å². The highest BCUT2D eigenvalue weighted by atomic mass is 35.5. The van der Waals surface area contributed by atoms with E-state index in [-0.39, 0.29) is 30.4 Å². The molecule has 1 fully saturated rings. The van der Waals surface area contributed by atoms with E-state index in [9.17, 15) is 4.79 Å². The van der Waals surface area contributed by atoms with Crippen LogP contribution in [-0.4, -0.2) is 44.8 Å². The number of carbonyl (C=O) groups is 1. The molecule has 4 N–H and O–H groups in total. The second-order valence-corrected chi connectivity index (χ2v) is 7.82. The van der Waals surface area contributed by atoms with Crippen LogP contribution in [0, 0.1) is 0 Å². The van der Waals surface area contributed by atoms with E-state index in [1.807, 2.05) is 28.9 Å². The number of nitrogen functional groups attached to an aromatic ring is 1. The summed E-state index contributed by atoms with van der Waals surface area (Å²) in [5, 5.41) is 12.2. The summed E-state index contributed by atoms with van der Waals surface area (Å²) in [5.41, 5.74) is 9.13. The third-order valence-corrected chi connectivity index (χ3v) is 5.85. The fraction of sp³-hybridized carbons (Fsp3) is 0.455. The fourth-order valence-electron chi connectivity index (χ4n) is 4.06. The number of hydrogen-bond acceptors (Lipinski definition) is 6. The van der Waals surface area contributed by atoms with Crippen molar-refractivity contribution in [3.8, 4) is 11.3 Å². The van der Waals surface area contributed by atoms with Gasteiger partial charge in [-0.05, 0) is 44.4 Å². The molecule has 31 heavy (non-hydrogen) atoms. The molecule has 0 spiro atoms. The normalized spacial score (nSPS) is 16.3. The average Bonchev–Trinajstić information content (AvgIpc) is 3.19. The van der Waals surface area contributed by atoms with Crippen molar-refractivity contribution in [3.05, 3.63) is 36.2 Å². The second-order valence-electron chi connectivity index (χ2n) is 7.82. The van der Waals surface area contributed by atoms with Crippen LogP contribution in [0.3, 0.4) is 0 Å². The van der Waals surface area contributed by atoms with E-state index in [1.165, 1.54) is 6.33 Å². The SMILES string of the molecule is CCC(CC)NC(=O)c1cccc(-c2nn([C@@H]3CCCNC3)c3ncnc(N)c23)c1.Cl. The zero-order chi connectivity index (χ0) is 21.1. The molecule has 2 aromatic heterocycles. The monoisotopic (exact) mass is 443 g/mol. The van der Waals surface area contributed by atoms with Crippen molar-refractivity contribution in [2.24, 2.45) is 0 Å². The number of piperidine rings is 1. The summed E-state index contributed by atoms with van der Waals surface area (Å²) in [7, 11) is 0. The van der Waals surface area contributed by atoms with Crippen LogP contribution in [0.15, 0.2) is 30.6 Å². The summed E-state index contributed by atoms with van der Waals surface area (Å²) in [5.74, 6) is 0.326. The molecular weight excluding hydrogens is 414 g/mol. The van der Waals surface area contributed by atoms with Crippen molar-refractivity contribution in [2.75, 3.05) is 18.8 Å². The highest BCUT2D eigenvalue weighted by molar-refractivity contribution is 6.00. The molecule has 166 valence electrons. The molecule has 4 rings (SSSR count). The molecule has 3 aromatic rings. The van der Waals surface area contributed by atoms with Crippen molar-refractivity contribution in [2.45, 2.75) is 51.6 Å². The van der Waals surface area contributed by atoms with Gasteiger partial charge in [-0.3, -0.25) is 4.79 Å². The van der Waals surface area contributed by atoms with E-state index in [1.54, 1.807) is 0 Å². The van der Waals surface area contributed by atoms with E-state index in [0.29, 0.717) is 17.1 Å². The number of benzene rings is 1. The van der Waals surface area contributed by atoms with Crippen molar-refractivity contribution in [1.82, 2.24) is 30.4 Å². The second kappa shape index (κ2) is 10.1. The Hall–Kier alpha value is -2.71. The van der Waals surface area contributed by atoms with E-state index in [2.05, 4.69) is 34.4 Å². The van der Waals surface area contributed by atoms with Gasteiger partial charge in [-0.1, -0.05) is 26.0 Å². The highest BCUT2D eigenvalue weighted by Gasteiger charge is 2.24. The Morgan fingerprint density at radius 1 is 1.32 bits per heavy atom. The number of nitrogens with two attached hydrogens (primary N) is 1. The number of halogens is 1. The maximum absolute atomic E-state index is 12.7. The molecule has 8 nitrogen and oxygen atoms in total. The Morgan fingerprint density at radius 3 is 2.84 bits per heavy atom. The number of nitrogens with zero attached hydrogens (tertiary/aromatic N) is 4. The zero-order valence-corrected chi connectivity index (χ0v) is 18.8. The molecule has 0 saturated carbocycles. The van der Waals surface area contributed by atoms with Gasteiger partial charge in [0.25, 0.3) is 5.91 Å². The van der Waals surface area contributed by atoms with Crippen LogP contribution in [0.4, 0.5) is 5.82 Å². The summed E-state index contributed by atoms with van der Waals surface area (Å²) in [6, 6.07) is 7.91. The molecular formula is C22H30ClN7O. The molecule has 3 heterocycles. The van der Waals surface area contributed by atoms with Crippen LogP contribution < -0.4 is 16.4 Å². The van der Waals surface area contributed by atoms with Crippen LogP contribution in [-0.2, 0) is 0 Å². The molecule has 9 heteroatoms. The third kappa shape index (κ3) is 4.65. The lowest BCUT2D eigenvalue weighted by atomic mass is 10.0. The molecule has 0 radical (unpaired) electrons. The van der Waals surface area contributed by atoms with Gasteiger partial charge in [0, 0.05) is 23.7 Å². The molecule has 0 unspecified atom stereocenters. The van der Waals surface area contributed by atoms with Gasteiger partial charge >= 0.3 is 0 Å². The first kappa shape index (κ1) is 23.0. The minimum absolute atomic E-state index is 0. The number of carbonyl (C=O) groups excluding carboxylic acids is 1. The van der Waals surface area contributed by atoms with Gasteiger partial charge in [0.2, 0.25) is 0 Å². The maximum atomic E-state index is 12.7. The van der Waals surface area contributed by atoms with Gasteiger partial charge < -0.3 is 16.4 Å². The van der Waals surface area contributed by atoms with Crippen LogP contribution in [0.25, 0.3) is 22.3 Å². The number of nitrogens with one attached hydrogen (secondary N) is 2. The molecule has 1 saturated heterocycles. The lowest BCUT2D eigenvalue weighted by Crippen LogP contribution is -2.33. The Morgan fingerprint density at radius 2 is 2.13 bits per heavy atom. The summed E-state index contributed by atoms with van der Waals surface area (Å²) in [6.07, 6.45) is 5.41.